The van der Waals surface area contributed by atoms with Crippen LogP contribution >= 0.6 is 0 Å². The maximum absolute atomic E-state index is 11.0. The second kappa shape index (κ2) is 9.96. The molecule has 0 spiro atoms. The molecule has 7 nitrogen and oxygen atoms in total. The zero-order chi connectivity index (χ0) is 26.2. The Bertz CT molecular complexity index is 1410. The van der Waals surface area contributed by atoms with Crippen LogP contribution in [0.25, 0.3) is 33.7 Å². The topological polar surface area (TPSA) is 101 Å². The number of hydrogen-bond acceptors (Lipinski definition) is 5. The van der Waals surface area contributed by atoms with Gasteiger partial charge in [-0.1, -0.05) is 26.8 Å². The summed E-state index contributed by atoms with van der Waals surface area (Å²) < 4.78 is 6.17. The summed E-state index contributed by atoms with van der Waals surface area (Å²) in [6.07, 6.45) is 7.47. The molecule has 1 saturated carbocycles. The number of imidazole rings is 1. The second-order valence-corrected chi connectivity index (χ2v) is 11.2. The molecule has 7 heteroatoms. The lowest BCUT2D eigenvalue weighted by Gasteiger charge is -2.28. The van der Waals surface area contributed by atoms with E-state index in [1.165, 1.54) is 5.56 Å². The summed E-state index contributed by atoms with van der Waals surface area (Å²) in [7, 11) is 0. The van der Waals surface area contributed by atoms with E-state index in [1.54, 1.807) is 6.20 Å². The smallest absolute Gasteiger partial charge is 0.303 e. The van der Waals surface area contributed by atoms with Crippen LogP contribution in [0.5, 0.6) is 5.88 Å². The van der Waals surface area contributed by atoms with Crippen molar-refractivity contribution in [3.05, 3.63) is 59.9 Å². The molecule has 0 unspecified atom stereocenters. The minimum atomic E-state index is -0.716. The van der Waals surface area contributed by atoms with E-state index in [0.717, 1.165) is 64.9 Å². The summed E-state index contributed by atoms with van der Waals surface area (Å²) in [5.41, 5.74) is 6.98. The minimum absolute atomic E-state index is 0.0802. The molecule has 0 aliphatic heterocycles. The molecule has 2 N–H and O–H groups in total. The van der Waals surface area contributed by atoms with Crippen LogP contribution in [0.4, 0.5) is 0 Å². The van der Waals surface area contributed by atoms with Crippen LogP contribution in [0.3, 0.4) is 0 Å². The Hall–Kier alpha value is -3.74. The molecule has 5 rings (SSSR count). The predicted octanol–water partition coefficient (Wildman–Crippen LogP) is 6.71. The summed E-state index contributed by atoms with van der Waals surface area (Å²) in [6.45, 7) is 8.62. The van der Waals surface area contributed by atoms with Crippen molar-refractivity contribution >= 4 is 17.0 Å². The first-order valence-electron chi connectivity index (χ1n) is 13.0. The van der Waals surface area contributed by atoms with Crippen LogP contribution in [-0.4, -0.2) is 37.1 Å². The van der Waals surface area contributed by atoms with Gasteiger partial charge in [0.15, 0.2) is 0 Å². The first-order valence-corrected chi connectivity index (χ1v) is 13.0. The first kappa shape index (κ1) is 24.9. The van der Waals surface area contributed by atoms with Crippen LogP contribution in [0.1, 0.15) is 64.0 Å². The van der Waals surface area contributed by atoms with Crippen LogP contribution in [0.2, 0.25) is 0 Å². The number of hydrogen-bond donors (Lipinski definition) is 2. The summed E-state index contributed by atoms with van der Waals surface area (Å²) in [6, 6.07) is 12.5. The summed E-state index contributed by atoms with van der Waals surface area (Å²) in [5, 5.41) is 9.01. The van der Waals surface area contributed by atoms with Gasteiger partial charge in [-0.25, -0.2) is 9.97 Å². The highest BCUT2D eigenvalue weighted by atomic mass is 16.5. The summed E-state index contributed by atoms with van der Waals surface area (Å²) >= 11 is 0. The zero-order valence-electron chi connectivity index (χ0n) is 21.9. The lowest BCUT2D eigenvalue weighted by molar-refractivity contribution is -0.138. The van der Waals surface area contributed by atoms with Crippen molar-refractivity contribution < 1.29 is 14.6 Å². The number of aromatic nitrogens is 4. The van der Waals surface area contributed by atoms with Gasteiger partial charge in [0.2, 0.25) is 5.88 Å². The monoisotopic (exact) mass is 498 g/mol. The third kappa shape index (κ3) is 5.66. The normalized spacial score (nSPS) is 18.2. The Morgan fingerprint density at radius 3 is 2.43 bits per heavy atom. The van der Waals surface area contributed by atoms with Gasteiger partial charge in [-0.15, -0.1) is 0 Å². The van der Waals surface area contributed by atoms with Gasteiger partial charge in [0.25, 0.3) is 0 Å². The number of nitrogens with zero attached hydrogens (tertiary/aromatic N) is 3. The van der Waals surface area contributed by atoms with E-state index in [2.05, 4.69) is 60.0 Å². The quantitative estimate of drug-likeness (QED) is 0.307. The largest absolute Gasteiger partial charge is 0.481 e. The van der Waals surface area contributed by atoms with Crippen molar-refractivity contribution in [2.24, 2.45) is 5.92 Å². The SMILES string of the molecule is Cc1cc(-c2ccc(-c3nc4ccc(C(C)(C)C)cc4[nH]3)cn2)cnc1OC1CCC(CC(=O)O)CC1. The maximum atomic E-state index is 11.0. The number of fused-ring (bicyclic) bond motifs is 1. The molecule has 37 heavy (non-hydrogen) atoms. The van der Waals surface area contributed by atoms with E-state index in [1.807, 2.05) is 25.3 Å². The molecule has 1 aliphatic carbocycles. The van der Waals surface area contributed by atoms with Crippen molar-refractivity contribution in [2.45, 2.75) is 71.3 Å². The lowest BCUT2D eigenvalue weighted by Crippen LogP contribution is -2.25. The molecule has 3 aromatic heterocycles. The Morgan fingerprint density at radius 1 is 1.03 bits per heavy atom. The van der Waals surface area contributed by atoms with E-state index in [-0.39, 0.29) is 23.9 Å². The molecule has 1 fully saturated rings. The van der Waals surface area contributed by atoms with Gasteiger partial charge in [0.05, 0.1) is 16.7 Å². The van der Waals surface area contributed by atoms with Gasteiger partial charge in [-0.2, -0.15) is 0 Å². The highest BCUT2D eigenvalue weighted by molar-refractivity contribution is 5.80. The Kier molecular flexibility index (Phi) is 6.71. The van der Waals surface area contributed by atoms with Gasteiger partial charge in [-0.3, -0.25) is 9.78 Å². The van der Waals surface area contributed by atoms with Gasteiger partial charge < -0.3 is 14.8 Å². The Balaban J connectivity index is 1.27. The lowest BCUT2D eigenvalue weighted by atomic mass is 9.85. The van der Waals surface area contributed by atoms with Crippen LogP contribution < -0.4 is 4.74 Å². The third-order valence-electron chi connectivity index (χ3n) is 7.25. The number of benzene rings is 1. The van der Waals surface area contributed by atoms with E-state index < -0.39 is 5.97 Å². The number of H-pyrrole nitrogens is 1. The van der Waals surface area contributed by atoms with Crippen LogP contribution in [-0.2, 0) is 10.2 Å². The van der Waals surface area contributed by atoms with Gasteiger partial charge in [0, 0.05) is 35.5 Å². The fourth-order valence-electron chi connectivity index (χ4n) is 5.00. The van der Waals surface area contributed by atoms with E-state index in [4.69, 9.17) is 14.8 Å². The van der Waals surface area contributed by atoms with E-state index >= 15 is 0 Å². The number of aromatic amines is 1. The number of carboxylic acids is 1. The van der Waals surface area contributed by atoms with Gasteiger partial charge >= 0.3 is 5.97 Å². The summed E-state index contributed by atoms with van der Waals surface area (Å²) in [4.78, 5) is 28.4. The highest BCUT2D eigenvalue weighted by Gasteiger charge is 2.25. The number of ether oxygens (including phenoxy) is 1. The molecule has 1 aliphatic rings. The standard InChI is InChI=1S/C30H34N4O3/c1-18-13-21(17-32-29(18)37-23-9-5-19(6-10-23)14-27(35)36)24-11-7-20(16-31-24)28-33-25-12-8-22(30(2,3)4)15-26(25)34-28/h7-8,11-13,15-17,19,23H,5-6,9-10,14H2,1-4H3,(H,33,34)(H,35,36). The third-order valence-corrected chi connectivity index (χ3v) is 7.25. The van der Waals surface area contributed by atoms with Gasteiger partial charge in [0.1, 0.15) is 11.9 Å². The molecular weight excluding hydrogens is 464 g/mol. The Labute approximate surface area is 217 Å². The van der Waals surface area contributed by atoms with Crippen molar-refractivity contribution in [3.8, 4) is 28.5 Å². The van der Waals surface area contributed by atoms with E-state index in [9.17, 15) is 4.79 Å². The second-order valence-electron chi connectivity index (χ2n) is 11.2. The van der Waals surface area contributed by atoms with Gasteiger partial charge in [-0.05, 0) is 79.8 Å². The minimum Gasteiger partial charge on any atom is -0.481 e. The molecule has 1 aromatic carbocycles. The molecule has 192 valence electrons. The van der Waals surface area contributed by atoms with Crippen molar-refractivity contribution in [1.29, 1.82) is 0 Å². The number of rotatable bonds is 6. The van der Waals surface area contributed by atoms with E-state index in [0.29, 0.717) is 5.88 Å². The summed E-state index contributed by atoms with van der Waals surface area (Å²) in [5.74, 6) is 0.977. The number of carbonyl (C=O) groups is 1. The predicted molar refractivity (Wildman–Crippen MR) is 145 cm³/mol. The van der Waals surface area contributed by atoms with Crippen LogP contribution in [0.15, 0.2) is 48.8 Å². The fraction of sp³-hybridized carbons (Fsp3) is 0.400. The van der Waals surface area contributed by atoms with Crippen molar-refractivity contribution in [3.63, 3.8) is 0 Å². The number of carboxylic acid groups (broad SMARTS) is 1. The molecule has 0 saturated heterocycles. The maximum Gasteiger partial charge on any atom is 0.303 e. The number of aryl methyl sites for hydroxylation is 1. The molecule has 0 atom stereocenters. The highest BCUT2D eigenvalue weighted by Crippen LogP contribution is 2.32. The Morgan fingerprint density at radius 2 is 1.78 bits per heavy atom. The molecule has 0 amide bonds. The van der Waals surface area contributed by atoms with Crippen molar-refractivity contribution in [2.75, 3.05) is 0 Å². The zero-order valence-corrected chi connectivity index (χ0v) is 21.9. The number of nitrogens with one attached hydrogen (secondary N) is 1. The average molecular weight is 499 g/mol. The van der Waals surface area contributed by atoms with Crippen molar-refractivity contribution in [1.82, 2.24) is 19.9 Å². The average Bonchev–Trinajstić information content (AvgIpc) is 3.29. The van der Waals surface area contributed by atoms with Crippen LogP contribution in [0, 0.1) is 12.8 Å². The molecule has 3 heterocycles. The number of pyridine rings is 2. The molecule has 4 aromatic rings. The number of aliphatic carboxylic acids is 1. The molecular formula is C30H34N4O3. The molecule has 0 radical (unpaired) electrons. The fourth-order valence-corrected chi connectivity index (χ4v) is 5.00. The first-order chi connectivity index (χ1) is 17.7. The molecule has 0 bridgehead atoms.